The van der Waals surface area contributed by atoms with E-state index in [1.54, 1.807) is 0 Å². The van der Waals surface area contributed by atoms with Gasteiger partial charge in [-0.2, -0.15) is 0 Å². The summed E-state index contributed by atoms with van der Waals surface area (Å²) in [4.78, 5) is 45.1. The first-order chi connectivity index (χ1) is 9.81. The molecule has 0 saturated heterocycles. The molecule has 0 saturated carbocycles. The van der Waals surface area contributed by atoms with Crippen molar-refractivity contribution < 1.29 is 80.2 Å². The van der Waals surface area contributed by atoms with Crippen molar-refractivity contribution >= 4 is 17.7 Å². The first kappa shape index (κ1) is 21.0. The van der Waals surface area contributed by atoms with Gasteiger partial charge in [-0.25, -0.2) is 0 Å². The standard InChI is InChI=1S/C13H14NO7.K/c1-7(15)4-9-10(12(16)20-2)5-8(14(18)19)6-11(9)13(17)21-3;/h5-6,8H,4H2,1-3H3;/q-1;+1. The van der Waals surface area contributed by atoms with Crippen molar-refractivity contribution in [1.82, 2.24) is 0 Å². The van der Waals surface area contributed by atoms with Gasteiger partial charge in [0.05, 0.1) is 14.2 Å². The molecule has 0 heterocycles. The van der Waals surface area contributed by atoms with E-state index < -0.39 is 22.9 Å². The Bertz CT molecular complexity index is 519. The summed E-state index contributed by atoms with van der Waals surface area (Å²) in [7, 11) is 2.21. The van der Waals surface area contributed by atoms with Crippen LogP contribution in [-0.2, 0) is 23.9 Å². The zero-order valence-corrected chi connectivity index (χ0v) is 15.9. The number of carbonyl (C=O) groups is 3. The van der Waals surface area contributed by atoms with Crippen LogP contribution in [0.3, 0.4) is 0 Å². The minimum atomic E-state index is -1.37. The number of rotatable bonds is 5. The molecule has 0 aliphatic heterocycles. The van der Waals surface area contributed by atoms with Crippen LogP contribution in [-0.4, -0.2) is 42.9 Å². The number of nitrogens with zero attached hydrogens (tertiary/aromatic N) is 1. The first-order valence-corrected chi connectivity index (χ1v) is 5.91. The Morgan fingerprint density at radius 3 is 1.86 bits per heavy atom. The number of nitro groups is 1. The van der Waals surface area contributed by atoms with Crippen LogP contribution in [0.1, 0.15) is 13.3 Å². The molecule has 0 aromatic rings. The van der Waals surface area contributed by atoms with Crippen molar-refractivity contribution in [1.29, 1.82) is 0 Å². The van der Waals surface area contributed by atoms with Gasteiger partial charge in [-0.15, -0.1) is 0 Å². The second kappa shape index (κ2) is 9.21. The fraction of sp³-hybridized carbons (Fsp3) is 0.385. The number of methoxy groups -OCH3 is 2. The monoisotopic (exact) mass is 335 g/mol. The van der Waals surface area contributed by atoms with Crippen LogP contribution in [0, 0.1) is 16.0 Å². The van der Waals surface area contributed by atoms with Crippen molar-refractivity contribution in [3.8, 4) is 0 Å². The molecule has 0 atom stereocenters. The Morgan fingerprint density at radius 2 is 1.59 bits per heavy atom. The van der Waals surface area contributed by atoms with Crippen molar-refractivity contribution in [2.45, 2.75) is 19.4 Å². The summed E-state index contributed by atoms with van der Waals surface area (Å²) in [6.07, 6.45) is 1.87. The van der Waals surface area contributed by atoms with Crippen molar-refractivity contribution in [2.24, 2.45) is 0 Å². The summed E-state index contributed by atoms with van der Waals surface area (Å²) in [6, 6.07) is -1.37. The number of hydrogen-bond donors (Lipinski definition) is 0. The maximum atomic E-state index is 11.8. The molecule has 9 heteroatoms. The number of ketones is 1. The molecule has 0 radical (unpaired) electrons. The second-order valence-corrected chi connectivity index (χ2v) is 4.28. The molecule has 22 heavy (non-hydrogen) atoms. The number of carbonyl (C=O) groups excluding carboxylic acids is 3. The Morgan fingerprint density at radius 1 is 1.18 bits per heavy atom. The SMILES string of the molecule is COC(=O)C1=CC([N+](=O)[O-])C=C(C(=O)OC)[C-]1CC(C)=O.[K+]. The van der Waals surface area contributed by atoms with Gasteiger partial charge in [0, 0.05) is 11.3 Å². The smallest absolute Gasteiger partial charge is 0.500 e. The van der Waals surface area contributed by atoms with Gasteiger partial charge in [-0.05, 0) is 18.1 Å². The van der Waals surface area contributed by atoms with Gasteiger partial charge in [-0.1, -0.05) is 18.1 Å². The van der Waals surface area contributed by atoms with Crippen LogP contribution in [0.4, 0.5) is 0 Å². The maximum Gasteiger partial charge on any atom is 1.00 e. The van der Waals surface area contributed by atoms with E-state index in [2.05, 4.69) is 9.47 Å². The average molecular weight is 335 g/mol. The maximum absolute atomic E-state index is 11.8. The molecule has 0 aromatic heterocycles. The van der Waals surface area contributed by atoms with Gasteiger partial charge in [0.15, 0.2) is 0 Å². The Balaban J connectivity index is 0.00000441. The van der Waals surface area contributed by atoms with E-state index in [0.717, 1.165) is 26.4 Å². The zero-order chi connectivity index (χ0) is 16.2. The van der Waals surface area contributed by atoms with E-state index >= 15 is 0 Å². The molecule has 1 rings (SSSR count). The van der Waals surface area contributed by atoms with E-state index in [1.165, 1.54) is 6.92 Å². The van der Waals surface area contributed by atoms with E-state index in [1.807, 2.05) is 0 Å². The molecule has 0 spiro atoms. The minimum absolute atomic E-state index is 0. The van der Waals surface area contributed by atoms with Gasteiger partial charge < -0.3 is 14.3 Å². The number of hydrogen-bond acceptors (Lipinski definition) is 7. The summed E-state index contributed by atoms with van der Waals surface area (Å²) in [5.41, 5.74) is -0.338. The summed E-state index contributed by atoms with van der Waals surface area (Å²) in [6.45, 7) is 1.27. The van der Waals surface area contributed by atoms with E-state index in [4.69, 9.17) is 0 Å². The minimum Gasteiger partial charge on any atom is -0.500 e. The van der Waals surface area contributed by atoms with Gasteiger partial charge in [-0.3, -0.25) is 19.7 Å². The Hall–Kier alpha value is -1.00. The molecule has 1 aliphatic rings. The molecule has 0 N–H and O–H groups in total. The van der Waals surface area contributed by atoms with Crippen molar-refractivity contribution in [3.05, 3.63) is 39.3 Å². The van der Waals surface area contributed by atoms with Crippen LogP contribution < -0.4 is 51.4 Å². The largest absolute Gasteiger partial charge is 1.00 e. The molecular formula is C13H14KNO7. The molecule has 0 aromatic carbocycles. The fourth-order valence-corrected chi connectivity index (χ4v) is 1.90. The predicted octanol–water partition coefficient (Wildman–Crippen LogP) is -2.60. The van der Waals surface area contributed by atoms with Gasteiger partial charge in [0.2, 0.25) is 6.04 Å². The van der Waals surface area contributed by atoms with Crippen LogP contribution >= 0.6 is 0 Å². The van der Waals surface area contributed by atoms with Crippen molar-refractivity contribution in [2.75, 3.05) is 14.2 Å². The van der Waals surface area contributed by atoms with Gasteiger partial charge in [0.1, 0.15) is 5.78 Å². The third kappa shape index (κ3) is 5.02. The van der Waals surface area contributed by atoms with Gasteiger partial charge >= 0.3 is 51.4 Å². The van der Waals surface area contributed by atoms with Crippen LogP contribution in [0.15, 0.2) is 23.3 Å². The Labute approximate surface area is 169 Å². The molecule has 114 valence electrons. The van der Waals surface area contributed by atoms with Gasteiger partial charge in [0.25, 0.3) is 11.9 Å². The summed E-state index contributed by atoms with van der Waals surface area (Å²) in [5.74, 6) is -1.95. The van der Waals surface area contributed by atoms with Crippen LogP contribution in [0.2, 0.25) is 0 Å². The molecular weight excluding hydrogens is 321 g/mol. The molecule has 0 amide bonds. The Kier molecular flexibility index (Phi) is 8.79. The fourth-order valence-electron chi connectivity index (χ4n) is 1.90. The third-order valence-corrected chi connectivity index (χ3v) is 2.80. The second-order valence-electron chi connectivity index (χ2n) is 4.28. The summed E-state index contributed by atoms with van der Waals surface area (Å²) in [5, 5.41) is 10.9. The number of Topliss-reactive ketones (excluding diaryl/α,β-unsaturated/α-hetero) is 1. The normalized spacial score (nSPS) is 14.2. The van der Waals surface area contributed by atoms with Crippen LogP contribution in [0.25, 0.3) is 0 Å². The molecule has 0 fully saturated rings. The molecule has 1 aliphatic carbocycles. The molecule has 0 bridgehead atoms. The van der Waals surface area contributed by atoms with Crippen molar-refractivity contribution in [3.63, 3.8) is 0 Å². The quantitative estimate of drug-likeness (QED) is 0.178. The first-order valence-electron chi connectivity index (χ1n) is 5.91. The van der Waals surface area contributed by atoms with E-state index in [-0.39, 0.29) is 80.7 Å². The average Bonchev–Trinajstić information content (AvgIpc) is 2.44. The number of ether oxygens (including phenoxy) is 2. The third-order valence-electron chi connectivity index (χ3n) is 2.80. The zero-order valence-electron chi connectivity index (χ0n) is 12.7. The van der Waals surface area contributed by atoms with Crippen LogP contribution in [0.5, 0.6) is 0 Å². The summed E-state index contributed by atoms with van der Waals surface area (Å²) >= 11 is 0. The molecule has 8 nitrogen and oxygen atoms in total. The number of esters is 2. The summed E-state index contributed by atoms with van der Waals surface area (Å²) < 4.78 is 9.10. The topological polar surface area (TPSA) is 113 Å². The predicted molar refractivity (Wildman–Crippen MR) is 69.5 cm³/mol. The molecule has 0 unspecified atom stereocenters. The van der Waals surface area contributed by atoms with E-state index in [9.17, 15) is 24.5 Å². The van der Waals surface area contributed by atoms with E-state index in [0.29, 0.717) is 0 Å².